The third-order valence-corrected chi connectivity index (χ3v) is 5.63. The lowest BCUT2D eigenvalue weighted by Gasteiger charge is -2.10. The molecule has 9 heteroatoms. The van der Waals surface area contributed by atoms with Crippen molar-refractivity contribution in [2.75, 3.05) is 26.9 Å². The number of aliphatic imine (C=N–C) groups is 1. The highest BCUT2D eigenvalue weighted by Crippen LogP contribution is 2.42. The fourth-order valence-corrected chi connectivity index (χ4v) is 4.03. The van der Waals surface area contributed by atoms with Crippen LogP contribution >= 0.6 is 11.3 Å². The van der Waals surface area contributed by atoms with E-state index in [0.717, 1.165) is 16.7 Å². The molecule has 0 radical (unpaired) electrons. The van der Waals surface area contributed by atoms with E-state index in [1.165, 1.54) is 11.3 Å². The van der Waals surface area contributed by atoms with Crippen LogP contribution in [-0.2, 0) is 23.8 Å². The molecule has 0 aliphatic rings. The zero-order valence-corrected chi connectivity index (χ0v) is 19.6. The fourth-order valence-electron chi connectivity index (χ4n) is 2.87. The maximum Gasteiger partial charge on any atom is 0.341 e. The lowest BCUT2D eigenvalue weighted by molar-refractivity contribution is -0.157. The highest BCUT2D eigenvalue weighted by Gasteiger charge is 2.29. The van der Waals surface area contributed by atoms with Crippen molar-refractivity contribution in [3.05, 3.63) is 35.4 Å². The highest BCUT2D eigenvalue weighted by atomic mass is 32.1. The van der Waals surface area contributed by atoms with Crippen LogP contribution in [0.25, 0.3) is 10.4 Å². The molecule has 1 aromatic heterocycles. The summed E-state index contributed by atoms with van der Waals surface area (Å²) in [6.07, 6.45) is 1.15. The summed E-state index contributed by atoms with van der Waals surface area (Å²) in [6, 6.07) is 7.39. The van der Waals surface area contributed by atoms with E-state index in [9.17, 15) is 14.4 Å². The van der Waals surface area contributed by atoms with Crippen LogP contribution in [0.5, 0.6) is 5.75 Å². The number of hydrogen-bond acceptors (Lipinski definition) is 9. The average molecular weight is 462 g/mol. The van der Waals surface area contributed by atoms with Crippen molar-refractivity contribution < 1.29 is 33.3 Å². The van der Waals surface area contributed by atoms with Gasteiger partial charge in [0.15, 0.2) is 5.92 Å². The lowest BCUT2D eigenvalue weighted by Crippen LogP contribution is -2.29. The Balaban J connectivity index is 2.52. The first-order chi connectivity index (χ1) is 15.4. The molecule has 0 aliphatic carbocycles. The molecule has 0 saturated heterocycles. The van der Waals surface area contributed by atoms with Crippen LogP contribution in [0.2, 0.25) is 0 Å². The normalized spacial score (nSPS) is 10.9. The Labute approximate surface area is 191 Å². The summed E-state index contributed by atoms with van der Waals surface area (Å²) in [6.45, 7) is 7.20. The Hall–Kier alpha value is -3.20. The van der Waals surface area contributed by atoms with Crippen molar-refractivity contribution in [2.24, 2.45) is 10.9 Å². The van der Waals surface area contributed by atoms with Gasteiger partial charge in [0.1, 0.15) is 10.8 Å². The summed E-state index contributed by atoms with van der Waals surface area (Å²) < 4.78 is 20.3. The second-order valence-electron chi connectivity index (χ2n) is 6.45. The zero-order valence-electron chi connectivity index (χ0n) is 18.8. The molecule has 0 amide bonds. The molecule has 0 aliphatic heterocycles. The predicted molar refractivity (Wildman–Crippen MR) is 122 cm³/mol. The molecule has 0 bridgehead atoms. The number of rotatable bonds is 10. The molecule has 172 valence electrons. The Morgan fingerprint density at radius 1 is 0.969 bits per heavy atom. The molecule has 0 fully saturated rings. The van der Waals surface area contributed by atoms with Gasteiger partial charge >= 0.3 is 17.9 Å². The van der Waals surface area contributed by atoms with Crippen molar-refractivity contribution in [3.8, 4) is 16.2 Å². The van der Waals surface area contributed by atoms with Crippen LogP contribution in [0.1, 0.15) is 36.7 Å². The number of benzene rings is 1. The van der Waals surface area contributed by atoms with Crippen molar-refractivity contribution in [1.82, 2.24) is 0 Å². The largest absolute Gasteiger partial charge is 0.497 e. The molecule has 1 heterocycles. The fraction of sp³-hybridized carbons (Fsp3) is 0.391. The number of methoxy groups -OCH3 is 1. The monoisotopic (exact) mass is 461 g/mol. The number of carbonyl (C=O) groups is 3. The van der Waals surface area contributed by atoms with Gasteiger partial charge in [-0.05, 0) is 63.1 Å². The Morgan fingerprint density at radius 2 is 1.53 bits per heavy atom. The maximum atomic E-state index is 12.7. The maximum absolute atomic E-state index is 12.7. The molecular formula is C23H27NO7S. The first-order valence-electron chi connectivity index (χ1n) is 10.2. The summed E-state index contributed by atoms with van der Waals surface area (Å²) in [4.78, 5) is 42.3. The van der Waals surface area contributed by atoms with Gasteiger partial charge in [-0.2, -0.15) is 0 Å². The van der Waals surface area contributed by atoms with Crippen molar-refractivity contribution in [2.45, 2.75) is 27.7 Å². The number of esters is 3. The molecule has 2 aromatic rings. The van der Waals surface area contributed by atoms with E-state index in [-0.39, 0.29) is 25.4 Å². The first kappa shape index (κ1) is 25.1. The number of thiophene rings is 1. The first-order valence-corrected chi connectivity index (χ1v) is 11.0. The standard InChI is InChI=1S/C23H27NO7S/c1-6-29-21(25)17(22(26)30-7-2)13-24-20-18(23(27)31-8-3)14(4)19(32-20)15-9-11-16(28-5)12-10-15/h9-13,17H,6-8H2,1-5H3. The molecule has 0 saturated carbocycles. The van der Waals surface area contributed by atoms with E-state index < -0.39 is 23.8 Å². The quantitative estimate of drug-likeness (QED) is 0.224. The topological polar surface area (TPSA) is 100 Å². The second kappa shape index (κ2) is 12.0. The van der Waals surface area contributed by atoms with Gasteiger partial charge in [0.25, 0.3) is 0 Å². The van der Waals surface area contributed by atoms with Gasteiger partial charge in [-0.15, -0.1) is 11.3 Å². The lowest BCUT2D eigenvalue weighted by atomic mass is 10.1. The van der Waals surface area contributed by atoms with Gasteiger partial charge in [0, 0.05) is 11.1 Å². The van der Waals surface area contributed by atoms with Gasteiger partial charge in [0.05, 0.1) is 32.5 Å². The van der Waals surface area contributed by atoms with Gasteiger partial charge in [0.2, 0.25) is 0 Å². The number of ether oxygens (including phenoxy) is 4. The van der Waals surface area contributed by atoms with Crippen molar-refractivity contribution in [3.63, 3.8) is 0 Å². The van der Waals surface area contributed by atoms with Gasteiger partial charge < -0.3 is 18.9 Å². The van der Waals surface area contributed by atoms with E-state index in [4.69, 9.17) is 18.9 Å². The van der Waals surface area contributed by atoms with Gasteiger partial charge in [-0.3, -0.25) is 9.59 Å². The number of hydrogen-bond donors (Lipinski definition) is 0. The zero-order chi connectivity index (χ0) is 23.7. The van der Waals surface area contributed by atoms with E-state index in [1.54, 1.807) is 34.8 Å². The van der Waals surface area contributed by atoms with E-state index in [0.29, 0.717) is 16.3 Å². The minimum atomic E-state index is -1.34. The van der Waals surface area contributed by atoms with Crippen LogP contribution in [-0.4, -0.2) is 51.1 Å². The Bertz CT molecular complexity index is 961. The molecule has 8 nitrogen and oxygen atoms in total. The number of nitrogens with zero attached hydrogens (tertiary/aromatic N) is 1. The van der Waals surface area contributed by atoms with Crippen molar-refractivity contribution >= 4 is 40.5 Å². The van der Waals surface area contributed by atoms with Crippen LogP contribution in [0.3, 0.4) is 0 Å². The van der Waals surface area contributed by atoms with Gasteiger partial charge in [-0.25, -0.2) is 9.79 Å². The molecule has 2 rings (SSSR count). The smallest absolute Gasteiger partial charge is 0.341 e. The third kappa shape index (κ3) is 5.94. The highest BCUT2D eigenvalue weighted by molar-refractivity contribution is 7.19. The predicted octanol–water partition coefficient (Wildman–Crippen LogP) is 4.35. The molecule has 0 spiro atoms. The average Bonchev–Trinajstić information content (AvgIpc) is 3.10. The van der Waals surface area contributed by atoms with Crippen LogP contribution in [0.15, 0.2) is 29.3 Å². The SMILES string of the molecule is CCOC(=O)c1c(N=CC(C(=O)OCC)C(=O)OCC)sc(-c2ccc(OC)cc2)c1C. The molecule has 0 N–H and O–H groups in total. The Morgan fingerprint density at radius 3 is 2.03 bits per heavy atom. The molecule has 32 heavy (non-hydrogen) atoms. The van der Waals surface area contributed by atoms with Crippen molar-refractivity contribution in [1.29, 1.82) is 0 Å². The van der Waals surface area contributed by atoms with Crippen LogP contribution in [0.4, 0.5) is 5.00 Å². The summed E-state index contributed by atoms with van der Waals surface area (Å²) in [5.74, 6) is -2.70. The summed E-state index contributed by atoms with van der Waals surface area (Å²) >= 11 is 1.26. The van der Waals surface area contributed by atoms with E-state index >= 15 is 0 Å². The summed E-state index contributed by atoms with van der Waals surface area (Å²) in [5, 5.41) is 0.324. The second-order valence-corrected chi connectivity index (χ2v) is 7.44. The van der Waals surface area contributed by atoms with Gasteiger partial charge in [-0.1, -0.05) is 0 Å². The summed E-state index contributed by atoms with van der Waals surface area (Å²) in [5.41, 5.74) is 1.84. The van der Waals surface area contributed by atoms with E-state index in [1.807, 2.05) is 24.3 Å². The number of carbonyl (C=O) groups excluding carboxylic acids is 3. The van der Waals surface area contributed by atoms with Crippen LogP contribution in [0, 0.1) is 12.8 Å². The molecule has 0 atom stereocenters. The molecule has 0 unspecified atom stereocenters. The third-order valence-electron chi connectivity index (χ3n) is 4.38. The van der Waals surface area contributed by atoms with E-state index in [2.05, 4.69) is 4.99 Å². The molecule has 1 aromatic carbocycles. The minimum Gasteiger partial charge on any atom is -0.497 e. The minimum absolute atomic E-state index is 0.108. The Kier molecular flexibility index (Phi) is 9.39. The van der Waals surface area contributed by atoms with Crippen LogP contribution < -0.4 is 4.74 Å². The molecular weight excluding hydrogens is 434 g/mol. The summed E-state index contributed by atoms with van der Waals surface area (Å²) in [7, 11) is 1.58.